The fraction of sp³-hybridized carbons (Fsp3) is 0.455. The van der Waals surface area contributed by atoms with Gasteiger partial charge in [0.25, 0.3) is 5.91 Å². The van der Waals surface area contributed by atoms with Crippen LogP contribution in [0.2, 0.25) is 10.0 Å². The predicted molar refractivity (Wildman–Crippen MR) is 66.5 cm³/mol. The summed E-state index contributed by atoms with van der Waals surface area (Å²) in [5.41, 5.74) is 0.410. The van der Waals surface area contributed by atoms with Crippen molar-refractivity contribution in [2.75, 3.05) is 5.32 Å². The molecule has 0 bridgehead atoms. The summed E-state index contributed by atoms with van der Waals surface area (Å²) in [6, 6.07) is 0. The standard InChI is InChI=1S/C11H12Cl2N2O2/c1-6-2-3-9(17-6)11(16)15-8-5-14-4-7(12)10(8)13/h4-6,9H,2-3H2,1H3,(H,15,16)/t6-,9-/m1/s1. The Morgan fingerprint density at radius 2 is 2.24 bits per heavy atom. The Bertz CT molecular complexity index is 439. The third-order valence-electron chi connectivity index (χ3n) is 2.62. The zero-order valence-corrected chi connectivity index (χ0v) is 10.8. The maximum absolute atomic E-state index is 11.9. The third kappa shape index (κ3) is 2.89. The summed E-state index contributed by atoms with van der Waals surface area (Å²) in [7, 11) is 0. The van der Waals surface area contributed by atoms with Crippen molar-refractivity contribution in [3.63, 3.8) is 0 Å². The number of anilines is 1. The van der Waals surface area contributed by atoms with Gasteiger partial charge >= 0.3 is 0 Å². The van der Waals surface area contributed by atoms with Gasteiger partial charge in [-0.05, 0) is 19.8 Å². The van der Waals surface area contributed by atoms with Gasteiger partial charge in [0.15, 0.2) is 0 Å². The van der Waals surface area contributed by atoms with E-state index in [0.29, 0.717) is 15.7 Å². The number of aromatic nitrogens is 1. The molecule has 17 heavy (non-hydrogen) atoms. The fourth-order valence-corrected chi connectivity index (χ4v) is 2.02. The monoisotopic (exact) mass is 274 g/mol. The molecular weight excluding hydrogens is 263 g/mol. The number of nitrogens with one attached hydrogen (secondary N) is 1. The molecule has 1 amide bonds. The molecule has 92 valence electrons. The van der Waals surface area contributed by atoms with E-state index in [1.54, 1.807) is 0 Å². The van der Waals surface area contributed by atoms with Gasteiger partial charge in [-0.25, -0.2) is 0 Å². The van der Waals surface area contributed by atoms with Gasteiger partial charge in [-0.15, -0.1) is 0 Å². The number of rotatable bonds is 2. The summed E-state index contributed by atoms with van der Waals surface area (Å²) in [6.45, 7) is 1.95. The Labute approximate surface area is 109 Å². The fourth-order valence-electron chi connectivity index (χ4n) is 1.72. The molecule has 2 atom stereocenters. The second kappa shape index (κ2) is 5.21. The molecule has 1 fully saturated rings. The Balaban J connectivity index is 2.06. The molecule has 0 saturated carbocycles. The number of nitrogens with zero attached hydrogens (tertiary/aromatic N) is 1. The van der Waals surface area contributed by atoms with Crippen LogP contribution in [0, 0.1) is 0 Å². The Morgan fingerprint density at radius 3 is 2.88 bits per heavy atom. The molecular formula is C11H12Cl2N2O2. The van der Waals surface area contributed by atoms with Crippen LogP contribution in [0.4, 0.5) is 5.69 Å². The van der Waals surface area contributed by atoms with Crippen LogP contribution in [0.3, 0.4) is 0 Å². The summed E-state index contributed by atoms with van der Waals surface area (Å²) in [6.07, 6.45) is 4.20. The first-order valence-corrected chi connectivity index (χ1v) is 6.09. The molecule has 0 aromatic carbocycles. The predicted octanol–water partition coefficient (Wildman–Crippen LogP) is 2.89. The van der Waals surface area contributed by atoms with Crippen molar-refractivity contribution in [3.8, 4) is 0 Å². The molecule has 1 aliphatic heterocycles. The van der Waals surface area contributed by atoms with E-state index in [1.165, 1.54) is 12.4 Å². The van der Waals surface area contributed by atoms with Crippen LogP contribution in [-0.4, -0.2) is 23.1 Å². The molecule has 1 saturated heterocycles. The van der Waals surface area contributed by atoms with E-state index in [0.717, 1.165) is 12.8 Å². The third-order valence-corrected chi connectivity index (χ3v) is 3.41. The van der Waals surface area contributed by atoms with Crippen molar-refractivity contribution in [2.45, 2.75) is 32.0 Å². The van der Waals surface area contributed by atoms with Crippen LogP contribution < -0.4 is 5.32 Å². The molecule has 1 aromatic heterocycles. The molecule has 1 aliphatic rings. The number of carbonyl (C=O) groups excluding carboxylic acids is 1. The van der Waals surface area contributed by atoms with Gasteiger partial charge in [-0.1, -0.05) is 23.2 Å². The molecule has 0 spiro atoms. The van der Waals surface area contributed by atoms with E-state index in [2.05, 4.69) is 10.3 Å². The van der Waals surface area contributed by atoms with Gasteiger partial charge < -0.3 is 10.1 Å². The lowest BCUT2D eigenvalue weighted by molar-refractivity contribution is -0.126. The van der Waals surface area contributed by atoms with Crippen LogP contribution in [0.5, 0.6) is 0 Å². The number of amides is 1. The molecule has 0 aliphatic carbocycles. The van der Waals surface area contributed by atoms with E-state index in [4.69, 9.17) is 27.9 Å². The molecule has 6 heteroatoms. The molecule has 1 N–H and O–H groups in total. The number of hydrogen-bond acceptors (Lipinski definition) is 3. The summed E-state index contributed by atoms with van der Waals surface area (Å²) in [5.74, 6) is -0.208. The molecule has 0 radical (unpaired) electrons. The lowest BCUT2D eigenvalue weighted by Crippen LogP contribution is -2.27. The van der Waals surface area contributed by atoms with Crippen molar-refractivity contribution in [1.29, 1.82) is 0 Å². The van der Waals surface area contributed by atoms with Crippen molar-refractivity contribution in [3.05, 3.63) is 22.4 Å². The minimum Gasteiger partial charge on any atom is -0.365 e. The van der Waals surface area contributed by atoms with E-state index in [-0.39, 0.29) is 12.0 Å². The number of carbonyl (C=O) groups is 1. The summed E-state index contributed by atoms with van der Waals surface area (Å²) in [5, 5.41) is 3.27. The molecule has 1 aromatic rings. The van der Waals surface area contributed by atoms with Gasteiger partial charge in [0, 0.05) is 6.20 Å². The smallest absolute Gasteiger partial charge is 0.253 e. The highest BCUT2D eigenvalue weighted by molar-refractivity contribution is 6.43. The topological polar surface area (TPSA) is 51.2 Å². The maximum atomic E-state index is 11.9. The van der Waals surface area contributed by atoms with Gasteiger partial charge in [0.2, 0.25) is 0 Å². The number of hydrogen-bond donors (Lipinski definition) is 1. The van der Waals surface area contributed by atoms with Gasteiger partial charge in [0.05, 0.1) is 28.0 Å². The van der Waals surface area contributed by atoms with Gasteiger partial charge in [-0.3, -0.25) is 9.78 Å². The highest BCUT2D eigenvalue weighted by atomic mass is 35.5. The first-order valence-electron chi connectivity index (χ1n) is 5.33. The highest BCUT2D eigenvalue weighted by Crippen LogP contribution is 2.29. The van der Waals surface area contributed by atoms with Crippen LogP contribution in [0.15, 0.2) is 12.4 Å². The Hall–Kier alpha value is -0.840. The van der Waals surface area contributed by atoms with Gasteiger partial charge in [-0.2, -0.15) is 0 Å². The summed E-state index contributed by atoms with van der Waals surface area (Å²) < 4.78 is 5.46. The van der Waals surface area contributed by atoms with Crippen LogP contribution >= 0.6 is 23.2 Å². The van der Waals surface area contributed by atoms with Crippen LogP contribution in [0.1, 0.15) is 19.8 Å². The van der Waals surface area contributed by atoms with E-state index >= 15 is 0 Å². The van der Waals surface area contributed by atoms with Crippen LogP contribution in [-0.2, 0) is 9.53 Å². The molecule has 2 heterocycles. The quantitative estimate of drug-likeness (QED) is 0.902. The zero-order chi connectivity index (χ0) is 12.4. The molecule has 4 nitrogen and oxygen atoms in total. The summed E-state index contributed by atoms with van der Waals surface area (Å²) in [4.78, 5) is 15.7. The lowest BCUT2D eigenvalue weighted by atomic mass is 10.2. The minimum atomic E-state index is -0.417. The van der Waals surface area contributed by atoms with Crippen molar-refractivity contribution >= 4 is 34.8 Å². The second-order valence-corrected chi connectivity index (χ2v) is 4.77. The Morgan fingerprint density at radius 1 is 1.47 bits per heavy atom. The zero-order valence-electron chi connectivity index (χ0n) is 9.24. The largest absolute Gasteiger partial charge is 0.365 e. The van der Waals surface area contributed by atoms with Crippen molar-refractivity contribution in [2.24, 2.45) is 0 Å². The molecule has 0 unspecified atom stereocenters. The van der Waals surface area contributed by atoms with E-state index in [1.807, 2.05) is 6.92 Å². The van der Waals surface area contributed by atoms with Crippen molar-refractivity contribution in [1.82, 2.24) is 4.98 Å². The maximum Gasteiger partial charge on any atom is 0.253 e. The number of ether oxygens (including phenoxy) is 1. The average Bonchev–Trinajstić information content (AvgIpc) is 2.72. The number of pyridine rings is 1. The van der Waals surface area contributed by atoms with E-state index < -0.39 is 6.10 Å². The highest BCUT2D eigenvalue weighted by Gasteiger charge is 2.28. The first kappa shape index (κ1) is 12.6. The van der Waals surface area contributed by atoms with E-state index in [9.17, 15) is 4.79 Å². The average molecular weight is 275 g/mol. The summed E-state index contributed by atoms with van der Waals surface area (Å²) >= 11 is 11.7. The number of halogens is 2. The lowest BCUT2D eigenvalue weighted by Gasteiger charge is -2.12. The van der Waals surface area contributed by atoms with Crippen molar-refractivity contribution < 1.29 is 9.53 Å². The van der Waals surface area contributed by atoms with Crippen LogP contribution in [0.25, 0.3) is 0 Å². The second-order valence-electron chi connectivity index (χ2n) is 3.98. The van der Waals surface area contributed by atoms with Gasteiger partial charge in [0.1, 0.15) is 6.10 Å². The normalized spacial score (nSPS) is 23.7. The minimum absolute atomic E-state index is 0.124. The first-order chi connectivity index (χ1) is 8.08. The molecule has 2 rings (SSSR count). The SMILES string of the molecule is C[C@@H]1CC[C@H](C(=O)Nc2cncc(Cl)c2Cl)O1. The Kier molecular flexibility index (Phi) is 3.86.